The molecule has 0 aliphatic carbocycles. The van der Waals surface area contributed by atoms with Crippen molar-refractivity contribution in [2.45, 2.75) is 39.7 Å². The van der Waals surface area contributed by atoms with Gasteiger partial charge in [0.25, 0.3) is 0 Å². The molecule has 1 aliphatic rings. The van der Waals surface area contributed by atoms with Gasteiger partial charge < -0.3 is 20.3 Å². The third-order valence-electron chi connectivity index (χ3n) is 4.57. The lowest BCUT2D eigenvalue weighted by Gasteiger charge is -2.34. The highest BCUT2D eigenvalue weighted by molar-refractivity contribution is 6.39. The molecule has 25 heavy (non-hydrogen) atoms. The minimum absolute atomic E-state index is 0.433. The number of amides is 2. The Hall–Kier alpha value is -2.08. The number of para-hydroxylation sites is 2. The van der Waals surface area contributed by atoms with Crippen LogP contribution in [-0.4, -0.2) is 49.0 Å². The molecular weight excluding hydrogens is 318 g/mol. The second-order valence-corrected chi connectivity index (χ2v) is 6.67. The van der Waals surface area contributed by atoms with E-state index in [1.54, 1.807) is 18.2 Å². The van der Waals surface area contributed by atoms with Gasteiger partial charge in [-0.1, -0.05) is 12.1 Å². The molecule has 1 aromatic rings. The number of hydrogen-bond donors (Lipinski definition) is 2. The summed E-state index contributed by atoms with van der Waals surface area (Å²) in [7, 11) is 0. The summed E-state index contributed by atoms with van der Waals surface area (Å²) in [6.45, 7) is 9.41. The van der Waals surface area contributed by atoms with Crippen molar-refractivity contribution in [3.05, 3.63) is 24.3 Å². The van der Waals surface area contributed by atoms with Crippen molar-refractivity contribution in [1.29, 1.82) is 0 Å². The SMILES string of the molecule is CCOc1ccccc1NC(=O)C(=O)NCC1CCN(C(C)C)CC1. The van der Waals surface area contributed by atoms with Crippen molar-refractivity contribution in [3.63, 3.8) is 0 Å². The Morgan fingerprint density at radius 1 is 1.20 bits per heavy atom. The Morgan fingerprint density at radius 3 is 2.52 bits per heavy atom. The molecule has 2 N–H and O–H groups in total. The van der Waals surface area contributed by atoms with Crippen LogP contribution in [0, 0.1) is 5.92 Å². The first-order valence-electron chi connectivity index (χ1n) is 9.06. The number of rotatable bonds is 6. The van der Waals surface area contributed by atoms with Crippen LogP contribution in [0.5, 0.6) is 5.75 Å². The maximum Gasteiger partial charge on any atom is 0.313 e. The zero-order valence-corrected chi connectivity index (χ0v) is 15.4. The van der Waals surface area contributed by atoms with Gasteiger partial charge in [0.1, 0.15) is 5.75 Å². The number of likely N-dealkylation sites (tertiary alicyclic amines) is 1. The van der Waals surface area contributed by atoms with Crippen LogP contribution in [0.1, 0.15) is 33.6 Å². The maximum atomic E-state index is 12.1. The highest BCUT2D eigenvalue weighted by Crippen LogP contribution is 2.23. The summed E-state index contributed by atoms with van der Waals surface area (Å²) < 4.78 is 5.45. The zero-order valence-electron chi connectivity index (χ0n) is 15.4. The van der Waals surface area contributed by atoms with Crippen molar-refractivity contribution in [2.24, 2.45) is 5.92 Å². The van der Waals surface area contributed by atoms with Gasteiger partial charge in [0.05, 0.1) is 12.3 Å². The maximum absolute atomic E-state index is 12.1. The lowest BCUT2D eigenvalue weighted by atomic mass is 9.96. The minimum atomic E-state index is -0.660. The normalized spacial score (nSPS) is 15.8. The molecule has 1 aliphatic heterocycles. The Bertz CT molecular complexity index is 581. The molecule has 0 unspecified atom stereocenters. The van der Waals surface area contributed by atoms with E-state index in [0.717, 1.165) is 25.9 Å². The molecule has 0 spiro atoms. The van der Waals surface area contributed by atoms with Gasteiger partial charge in [0.15, 0.2) is 0 Å². The quantitative estimate of drug-likeness (QED) is 0.775. The zero-order chi connectivity index (χ0) is 18.2. The predicted octanol–water partition coefficient (Wildman–Crippen LogP) is 2.26. The van der Waals surface area contributed by atoms with Crippen LogP contribution in [0.15, 0.2) is 24.3 Å². The largest absolute Gasteiger partial charge is 0.492 e. The summed E-state index contributed by atoms with van der Waals surface area (Å²) in [5.41, 5.74) is 0.509. The van der Waals surface area contributed by atoms with Crippen LogP contribution < -0.4 is 15.4 Å². The molecule has 2 rings (SSSR count). The molecule has 2 amide bonds. The Morgan fingerprint density at radius 2 is 1.88 bits per heavy atom. The number of carbonyl (C=O) groups excluding carboxylic acids is 2. The molecule has 0 atom stereocenters. The highest BCUT2D eigenvalue weighted by atomic mass is 16.5. The second-order valence-electron chi connectivity index (χ2n) is 6.67. The number of hydrogen-bond acceptors (Lipinski definition) is 4. The van der Waals surface area contributed by atoms with E-state index in [2.05, 4.69) is 29.4 Å². The Balaban J connectivity index is 1.79. The molecule has 1 fully saturated rings. The number of nitrogens with one attached hydrogen (secondary N) is 2. The van der Waals surface area contributed by atoms with Crippen LogP contribution in [0.2, 0.25) is 0 Å². The van der Waals surface area contributed by atoms with Crippen molar-refractivity contribution in [3.8, 4) is 5.75 Å². The van der Waals surface area contributed by atoms with E-state index in [1.807, 2.05) is 13.0 Å². The van der Waals surface area contributed by atoms with Gasteiger partial charge in [-0.3, -0.25) is 9.59 Å². The number of benzene rings is 1. The van der Waals surface area contributed by atoms with E-state index in [4.69, 9.17) is 4.74 Å². The van der Waals surface area contributed by atoms with E-state index < -0.39 is 11.8 Å². The molecule has 0 aromatic heterocycles. The summed E-state index contributed by atoms with van der Waals surface area (Å²) in [4.78, 5) is 26.6. The fourth-order valence-corrected chi connectivity index (χ4v) is 3.02. The Kier molecular flexibility index (Phi) is 7.25. The van der Waals surface area contributed by atoms with Crippen molar-refractivity contribution in [2.75, 3.05) is 31.6 Å². The van der Waals surface area contributed by atoms with Crippen LogP contribution in [0.3, 0.4) is 0 Å². The standard InChI is InChI=1S/C19H29N3O3/c1-4-25-17-8-6-5-7-16(17)21-19(24)18(23)20-13-15-9-11-22(12-10-15)14(2)3/h5-8,14-15H,4,9-13H2,1-3H3,(H,20,23)(H,21,24). The molecule has 1 heterocycles. The number of carbonyl (C=O) groups is 2. The van der Waals surface area contributed by atoms with E-state index in [0.29, 0.717) is 36.5 Å². The molecule has 6 nitrogen and oxygen atoms in total. The fourth-order valence-electron chi connectivity index (χ4n) is 3.02. The number of nitrogens with zero attached hydrogens (tertiary/aromatic N) is 1. The molecule has 1 aromatic carbocycles. The van der Waals surface area contributed by atoms with E-state index in [1.165, 1.54) is 0 Å². The van der Waals surface area contributed by atoms with Gasteiger partial charge in [-0.25, -0.2) is 0 Å². The van der Waals surface area contributed by atoms with Gasteiger partial charge in [-0.15, -0.1) is 0 Å². The van der Waals surface area contributed by atoms with E-state index in [-0.39, 0.29) is 0 Å². The van der Waals surface area contributed by atoms with E-state index in [9.17, 15) is 9.59 Å². The van der Waals surface area contributed by atoms with E-state index >= 15 is 0 Å². The average molecular weight is 347 g/mol. The minimum Gasteiger partial charge on any atom is -0.492 e. The van der Waals surface area contributed by atoms with Gasteiger partial charge in [0, 0.05) is 12.6 Å². The van der Waals surface area contributed by atoms with Crippen LogP contribution >= 0.6 is 0 Å². The predicted molar refractivity (Wildman–Crippen MR) is 98.7 cm³/mol. The number of ether oxygens (including phenoxy) is 1. The third-order valence-corrected chi connectivity index (χ3v) is 4.57. The first kappa shape index (κ1) is 19.2. The molecular formula is C19H29N3O3. The van der Waals surface area contributed by atoms with Gasteiger partial charge in [-0.2, -0.15) is 0 Å². The fraction of sp³-hybridized carbons (Fsp3) is 0.579. The summed E-state index contributed by atoms with van der Waals surface area (Å²) in [6, 6.07) is 7.66. The van der Waals surface area contributed by atoms with Crippen molar-refractivity contribution in [1.82, 2.24) is 10.2 Å². The van der Waals surface area contributed by atoms with Crippen LogP contribution in [0.4, 0.5) is 5.69 Å². The Labute approximate surface area is 149 Å². The smallest absolute Gasteiger partial charge is 0.313 e. The molecule has 138 valence electrons. The highest BCUT2D eigenvalue weighted by Gasteiger charge is 2.22. The van der Waals surface area contributed by atoms with Crippen LogP contribution in [-0.2, 0) is 9.59 Å². The monoisotopic (exact) mass is 347 g/mol. The number of anilines is 1. The lowest BCUT2D eigenvalue weighted by molar-refractivity contribution is -0.136. The molecule has 0 bridgehead atoms. The topological polar surface area (TPSA) is 70.7 Å². The van der Waals surface area contributed by atoms with Gasteiger partial charge in [0.2, 0.25) is 0 Å². The summed E-state index contributed by atoms with van der Waals surface area (Å²) in [6.07, 6.45) is 2.10. The summed E-state index contributed by atoms with van der Waals surface area (Å²) >= 11 is 0. The van der Waals surface area contributed by atoms with Crippen molar-refractivity contribution >= 4 is 17.5 Å². The molecule has 1 saturated heterocycles. The van der Waals surface area contributed by atoms with Gasteiger partial charge in [-0.05, 0) is 64.8 Å². The van der Waals surface area contributed by atoms with Crippen molar-refractivity contribution < 1.29 is 14.3 Å². The average Bonchev–Trinajstić information content (AvgIpc) is 2.61. The molecule has 0 radical (unpaired) electrons. The number of piperidine rings is 1. The first-order chi connectivity index (χ1) is 12.0. The summed E-state index contributed by atoms with van der Waals surface area (Å²) in [5, 5.41) is 5.38. The molecule has 6 heteroatoms. The van der Waals surface area contributed by atoms with Crippen LogP contribution in [0.25, 0.3) is 0 Å². The second kappa shape index (κ2) is 9.42. The summed E-state index contributed by atoms with van der Waals surface area (Å²) in [5.74, 6) is -0.265. The molecule has 0 saturated carbocycles. The first-order valence-corrected chi connectivity index (χ1v) is 9.06. The lowest BCUT2D eigenvalue weighted by Crippen LogP contribution is -2.43. The third kappa shape index (κ3) is 5.74. The van der Waals surface area contributed by atoms with Gasteiger partial charge >= 0.3 is 11.8 Å².